The average molecular weight is 539 g/mol. The molecule has 1 aliphatic rings. The molecule has 0 atom stereocenters. The number of carbonyl (C=O) groups excluding carboxylic acids is 2. The zero-order valence-corrected chi connectivity index (χ0v) is 23.8. The number of carboxylic acids is 1. The van der Waals surface area contributed by atoms with Gasteiger partial charge in [-0.05, 0) is 42.4 Å². The molecular weight excluding hydrogens is 496 g/mol. The predicted molar refractivity (Wildman–Crippen MR) is 151 cm³/mol. The van der Waals surface area contributed by atoms with E-state index < -0.39 is 5.97 Å². The molecular formula is C31H42N2O6. The fourth-order valence-corrected chi connectivity index (χ4v) is 4.01. The molecule has 39 heavy (non-hydrogen) atoms. The molecule has 0 bridgehead atoms. The van der Waals surface area contributed by atoms with Gasteiger partial charge in [0, 0.05) is 44.1 Å². The lowest BCUT2D eigenvalue weighted by molar-refractivity contribution is -0.137. The summed E-state index contributed by atoms with van der Waals surface area (Å²) in [5.74, 6) is -0.259. The number of aryl methyl sites for hydroxylation is 1. The molecule has 0 radical (unpaired) electrons. The molecule has 2 aromatic rings. The molecule has 1 heterocycles. The molecule has 0 fully saturated rings. The van der Waals surface area contributed by atoms with E-state index in [0.717, 1.165) is 28.1 Å². The van der Waals surface area contributed by atoms with E-state index in [-0.39, 0.29) is 23.8 Å². The van der Waals surface area contributed by atoms with Crippen LogP contribution in [0.3, 0.4) is 0 Å². The normalized spacial score (nSPS) is 12.9. The molecule has 1 aliphatic heterocycles. The lowest BCUT2D eigenvalue weighted by Crippen LogP contribution is -2.38. The molecule has 0 spiro atoms. The summed E-state index contributed by atoms with van der Waals surface area (Å²) in [6, 6.07) is 15.8. The van der Waals surface area contributed by atoms with Gasteiger partial charge in [-0.1, -0.05) is 69.3 Å². The first kappa shape index (κ1) is 31.4. The summed E-state index contributed by atoms with van der Waals surface area (Å²) in [6.45, 7) is 10.9. The van der Waals surface area contributed by atoms with Gasteiger partial charge in [-0.25, -0.2) is 4.79 Å². The molecule has 2 aromatic carbocycles. The first-order valence-corrected chi connectivity index (χ1v) is 13.3. The molecule has 3 rings (SSSR count). The maximum atomic E-state index is 12.6. The molecule has 0 unspecified atom stereocenters. The Hall–Kier alpha value is -3.81. The van der Waals surface area contributed by atoms with Crippen LogP contribution in [0.4, 0.5) is 4.79 Å². The predicted octanol–water partition coefficient (Wildman–Crippen LogP) is 5.74. The van der Waals surface area contributed by atoms with Gasteiger partial charge in [0.2, 0.25) is 5.91 Å². The molecule has 0 aliphatic carbocycles. The van der Waals surface area contributed by atoms with Crippen LogP contribution in [0.5, 0.6) is 5.75 Å². The summed E-state index contributed by atoms with van der Waals surface area (Å²) >= 11 is 0. The van der Waals surface area contributed by atoms with Crippen LogP contribution in [-0.2, 0) is 33.7 Å². The monoisotopic (exact) mass is 538 g/mol. The van der Waals surface area contributed by atoms with Crippen molar-refractivity contribution in [1.29, 1.82) is 0 Å². The number of amides is 2. The van der Waals surface area contributed by atoms with Crippen molar-refractivity contribution < 1.29 is 29.0 Å². The molecule has 8 heteroatoms. The highest BCUT2D eigenvalue weighted by Crippen LogP contribution is 2.32. The molecule has 0 saturated carbocycles. The highest BCUT2D eigenvalue weighted by Gasteiger charge is 2.27. The van der Waals surface area contributed by atoms with Gasteiger partial charge in [0.25, 0.3) is 0 Å². The number of nitrogens with one attached hydrogen (secondary N) is 1. The van der Waals surface area contributed by atoms with Crippen molar-refractivity contribution in [3.63, 3.8) is 0 Å². The highest BCUT2D eigenvalue weighted by atomic mass is 16.6. The van der Waals surface area contributed by atoms with E-state index >= 15 is 0 Å². The van der Waals surface area contributed by atoms with Crippen molar-refractivity contribution in [2.75, 3.05) is 19.8 Å². The summed E-state index contributed by atoms with van der Waals surface area (Å²) in [5, 5.41) is 11.9. The quantitative estimate of drug-likeness (QED) is 0.422. The summed E-state index contributed by atoms with van der Waals surface area (Å²) in [6.07, 6.45) is 3.03. The number of ether oxygens (including phenoxy) is 2. The SMILES string of the molecule is C/C=C(\CCOc1ccc(CCC(=O)O)c2c1CCN(C(=O)OCC(C)(C)C)C2)NC(C)=O.c1ccccc1. The third-order valence-electron chi connectivity index (χ3n) is 5.94. The summed E-state index contributed by atoms with van der Waals surface area (Å²) in [5.41, 5.74) is 3.50. The van der Waals surface area contributed by atoms with Crippen LogP contribution < -0.4 is 10.1 Å². The van der Waals surface area contributed by atoms with Crippen molar-refractivity contribution in [1.82, 2.24) is 10.2 Å². The van der Waals surface area contributed by atoms with E-state index in [1.165, 1.54) is 6.92 Å². The maximum absolute atomic E-state index is 12.6. The van der Waals surface area contributed by atoms with Gasteiger partial charge < -0.3 is 24.8 Å². The van der Waals surface area contributed by atoms with Gasteiger partial charge in [-0.15, -0.1) is 0 Å². The van der Waals surface area contributed by atoms with Crippen LogP contribution in [0.2, 0.25) is 0 Å². The van der Waals surface area contributed by atoms with Gasteiger partial charge in [0.1, 0.15) is 5.75 Å². The number of hydrogen-bond acceptors (Lipinski definition) is 5. The van der Waals surface area contributed by atoms with Gasteiger partial charge >= 0.3 is 12.1 Å². The van der Waals surface area contributed by atoms with Gasteiger partial charge in [-0.3, -0.25) is 9.59 Å². The Morgan fingerprint density at radius 3 is 2.21 bits per heavy atom. The smallest absolute Gasteiger partial charge is 0.410 e. The number of allylic oxidation sites excluding steroid dienone is 1. The maximum Gasteiger partial charge on any atom is 0.410 e. The third-order valence-corrected chi connectivity index (χ3v) is 5.94. The lowest BCUT2D eigenvalue weighted by Gasteiger charge is -2.32. The van der Waals surface area contributed by atoms with Crippen LogP contribution in [-0.4, -0.2) is 47.7 Å². The van der Waals surface area contributed by atoms with Crippen LogP contribution in [0.15, 0.2) is 60.3 Å². The summed E-state index contributed by atoms with van der Waals surface area (Å²) in [4.78, 5) is 36.7. The van der Waals surface area contributed by atoms with Gasteiger partial charge in [0.15, 0.2) is 0 Å². The minimum atomic E-state index is -0.863. The average Bonchev–Trinajstić information content (AvgIpc) is 2.90. The van der Waals surface area contributed by atoms with Crippen LogP contribution in [0, 0.1) is 5.41 Å². The fourth-order valence-electron chi connectivity index (χ4n) is 4.01. The Morgan fingerprint density at radius 2 is 1.67 bits per heavy atom. The second kappa shape index (κ2) is 15.6. The molecule has 0 saturated heterocycles. The van der Waals surface area contributed by atoms with Gasteiger partial charge in [-0.2, -0.15) is 0 Å². The summed E-state index contributed by atoms with van der Waals surface area (Å²) < 4.78 is 11.5. The van der Waals surface area contributed by atoms with E-state index in [0.29, 0.717) is 45.6 Å². The van der Waals surface area contributed by atoms with Crippen LogP contribution in [0.1, 0.15) is 64.2 Å². The zero-order chi connectivity index (χ0) is 28.8. The van der Waals surface area contributed by atoms with E-state index in [2.05, 4.69) is 5.32 Å². The highest BCUT2D eigenvalue weighted by molar-refractivity contribution is 5.74. The Bertz CT molecular complexity index is 1100. The first-order valence-electron chi connectivity index (χ1n) is 13.3. The van der Waals surface area contributed by atoms with Crippen molar-refractivity contribution in [2.24, 2.45) is 5.41 Å². The number of fused-ring (bicyclic) bond motifs is 1. The van der Waals surface area contributed by atoms with Crippen molar-refractivity contribution in [3.8, 4) is 5.75 Å². The minimum Gasteiger partial charge on any atom is -0.493 e. The Labute approximate surface area is 232 Å². The van der Waals surface area contributed by atoms with Crippen molar-refractivity contribution in [2.45, 2.75) is 66.8 Å². The molecule has 8 nitrogen and oxygen atoms in total. The van der Waals surface area contributed by atoms with Crippen LogP contribution >= 0.6 is 0 Å². The molecule has 2 amide bonds. The van der Waals surface area contributed by atoms with Crippen LogP contribution in [0.25, 0.3) is 0 Å². The molecule has 0 aromatic heterocycles. The Balaban J connectivity index is 0.000000780. The molecule has 2 N–H and O–H groups in total. The molecule has 212 valence electrons. The number of carbonyl (C=O) groups is 3. The zero-order valence-electron chi connectivity index (χ0n) is 23.8. The number of benzene rings is 2. The van der Waals surface area contributed by atoms with E-state index in [4.69, 9.17) is 14.6 Å². The number of nitrogens with zero attached hydrogens (tertiary/aromatic N) is 1. The fraction of sp³-hybridized carbons (Fsp3) is 0.452. The topological polar surface area (TPSA) is 105 Å². The number of aliphatic carboxylic acids is 1. The van der Waals surface area contributed by atoms with Gasteiger partial charge in [0.05, 0.1) is 13.2 Å². The summed E-state index contributed by atoms with van der Waals surface area (Å²) in [7, 11) is 0. The largest absolute Gasteiger partial charge is 0.493 e. The third kappa shape index (κ3) is 11.6. The van der Waals surface area contributed by atoms with Crippen molar-refractivity contribution >= 4 is 18.0 Å². The lowest BCUT2D eigenvalue weighted by atomic mass is 9.92. The van der Waals surface area contributed by atoms with Crippen molar-refractivity contribution in [3.05, 3.63) is 77.0 Å². The van der Waals surface area contributed by atoms with E-state index in [9.17, 15) is 14.4 Å². The second-order valence-electron chi connectivity index (χ2n) is 10.6. The Kier molecular flexibility index (Phi) is 12.5. The number of hydrogen-bond donors (Lipinski definition) is 2. The Morgan fingerprint density at radius 1 is 1.03 bits per heavy atom. The standard InChI is InChI=1S/C25H36N2O6.C6H6/c1-6-19(26-17(2)28)12-14-32-22-9-7-18(8-10-23(29)30)21-15-27(13-11-20(21)22)24(31)33-16-25(3,4)5;1-2-4-6-5-3-1/h6-7,9H,8,10-16H2,1-5H3,(H,26,28)(H,29,30);1-6H/b19-6+;. The first-order chi connectivity index (χ1) is 18.5. The second-order valence-corrected chi connectivity index (χ2v) is 10.6. The number of rotatable bonds is 9. The van der Waals surface area contributed by atoms with E-state index in [1.807, 2.05) is 82.3 Å². The minimum absolute atomic E-state index is 0.0164. The van der Waals surface area contributed by atoms with E-state index in [1.54, 1.807) is 4.90 Å². The number of carboxylic acid groups (broad SMARTS) is 1.